The summed E-state index contributed by atoms with van der Waals surface area (Å²) in [5.74, 6) is -1.09. The number of carbonyl (C=O) groups excluding carboxylic acids is 2. The molecular formula is C23H23N3O2. The van der Waals surface area contributed by atoms with E-state index in [4.69, 9.17) is 0 Å². The topological polar surface area (TPSA) is 64.0 Å². The number of rotatable bonds is 4. The molecule has 3 aromatic rings. The predicted octanol–water partition coefficient (Wildman–Crippen LogP) is 3.88. The molecule has 0 saturated heterocycles. The molecule has 0 bridgehead atoms. The van der Waals surface area contributed by atoms with Gasteiger partial charge in [0, 0.05) is 11.1 Å². The van der Waals surface area contributed by atoms with Crippen molar-refractivity contribution in [3.05, 3.63) is 83.7 Å². The van der Waals surface area contributed by atoms with E-state index in [1.165, 1.54) is 0 Å². The molecule has 0 spiro atoms. The molecule has 28 heavy (non-hydrogen) atoms. The van der Waals surface area contributed by atoms with Gasteiger partial charge in [-0.25, -0.2) is 4.68 Å². The number of carbonyl (C=O) groups is 2. The summed E-state index contributed by atoms with van der Waals surface area (Å²) in [7, 11) is 0. The van der Waals surface area contributed by atoms with Crippen LogP contribution in [0.25, 0.3) is 5.69 Å². The zero-order valence-corrected chi connectivity index (χ0v) is 16.1. The van der Waals surface area contributed by atoms with Crippen molar-refractivity contribution in [1.29, 1.82) is 0 Å². The highest BCUT2D eigenvalue weighted by atomic mass is 16.2. The molecule has 142 valence electrons. The maximum Gasteiger partial charge on any atom is 0.292 e. The number of hydrogen-bond donors (Lipinski definition) is 1. The minimum Gasteiger partial charge on any atom is -0.342 e. The van der Waals surface area contributed by atoms with Crippen LogP contribution in [-0.4, -0.2) is 21.5 Å². The Labute approximate surface area is 164 Å². The molecule has 1 unspecified atom stereocenters. The van der Waals surface area contributed by atoms with Crippen LogP contribution in [0.3, 0.4) is 0 Å². The fourth-order valence-corrected chi connectivity index (χ4v) is 3.91. The van der Waals surface area contributed by atoms with Crippen LogP contribution >= 0.6 is 0 Å². The van der Waals surface area contributed by atoms with Crippen molar-refractivity contribution in [1.82, 2.24) is 15.1 Å². The summed E-state index contributed by atoms with van der Waals surface area (Å²) < 4.78 is 1.94. The Balaban J connectivity index is 1.64. The number of Topliss-reactive ketones (excluding diaryl/α,β-unsaturated/α-hetero) is 1. The van der Waals surface area contributed by atoms with E-state index in [0.29, 0.717) is 5.56 Å². The van der Waals surface area contributed by atoms with Crippen LogP contribution in [0.4, 0.5) is 0 Å². The van der Waals surface area contributed by atoms with Crippen molar-refractivity contribution in [2.45, 2.75) is 32.7 Å². The Bertz CT molecular complexity index is 1010. The van der Waals surface area contributed by atoms with E-state index in [1.807, 2.05) is 47.3 Å². The van der Waals surface area contributed by atoms with E-state index in [2.05, 4.69) is 24.3 Å². The molecule has 0 aliphatic heterocycles. The van der Waals surface area contributed by atoms with E-state index < -0.39 is 11.7 Å². The third kappa shape index (κ3) is 3.48. The van der Waals surface area contributed by atoms with Crippen LogP contribution in [-0.2, 0) is 11.2 Å². The van der Waals surface area contributed by atoms with Gasteiger partial charge in [-0.1, -0.05) is 62.4 Å². The van der Waals surface area contributed by atoms with Gasteiger partial charge in [0.15, 0.2) is 0 Å². The number of para-hydroxylation sites is 1. The monoisotopic (exact) mass is 373 g/mol. The maximum atomic E-state index is 12.6. The van der Waals surface area contributed by atoms with Gasteiger partial charge in [0.05, 0.1) is 23.6 Å². The van der Waals surface area contributed by atoms with Gasteiger partial charge in [-0.3, -0.25) is 9.59 Å². The minimum atomic E-state index is -0.577. The van der Waals surface area contributed by atoms with Gasteiger partial charge in [-0.2, -0.15) is 5.10 Å². The largest absolute Gasteiger partial charge is 0.342 e. The number of nitrogens with zero attached hydrogens (tertiary/aromatic N) is 2. The standard InChI is InChI=1S/C23H23N3O2/c1-23(2)13-19(25-22(28)21(27)16-9-5-3-6-10-16)18-15-24-26(20(18)14-23)17-11-7-4-8-12-17/h3-12,15,19H,13-14H2,1-2H3,(H,25,28). The summed E-state index contributed by atoms with van der Waals surface area (Å²) in [6.45, 7) is 4.35. The van der Waals surface area contributed by atoms with Crippen LogP contribution in [0.5, 0.6) is 0 Å². The molecule has 1 aromatic heterocycles. The minimum absolute atomic E-state index is 0.0205. The number of fused-ring (bicyclic) bond motifs is 1. The van der Waals surface area contributed by atoms with E-state index in [1.54, 1.807) is 24.3 Å². The summed E-state index contributed by atoms with van der Waals surface area (Å²) in [4.78, 5) is 25.1. The highest BCUT2D eigenvalue weighted by Crippen LogP contribution is 2.41. The summed E-state index contributed by atoms with van der Waals surface area (Å²) in [5.41, 5.74) is 3.44. The van der Waals surface area contributed by atoms with Crippen LogP contribution < -0.4 is 5.32 Å². The molecule has 1 aliphatic rings. The Hall–Kier alpha value is -3.21. The molecule has 4 rings (SSSR count). The van der Waals surface area contributed by atoms with Gasteiger partial charge in [-0.15, -0.1) is 0 Å². The van der Waals surface area contributed by atoms with Crippen LogP contribution in [0.1, 0.15) is 47.9 Å². The second kappa shape index (κ2) is 7.08. The smallest absolute Gasteiger partial charge is 0.292 e. The number of amides is 1. The molecule has 1 aliphatic carbocycles. The number of ketones is 1. The van der Waals surface area contributed by atoms with Gasteiger partial charge >= 0.3 is 0 Å². The first-order valence-corrected chi connectivity index (χ1v) is 9.47. The molecule has 5 nitrogen and oxygen atoms in total. The first-order chi connectivity index (χ1) is 13.4. The molecule has 2 aromatic carbocycles. The normalized spacial score (nSPS) is 17.6. The molecule has 0 saturated carbocycles. The molecule has 1 heterocycles. The SMILES string of the molecule is CC1(C)Cc2c(cnn2-c2ccccc2)C(NC(=O)C(=O)c2ccccc2)C1. The van der Waals surface area contributed by atoms with Crippen molar-refractivity contribution >= 4 is 11.7 Å². The number of nitrogens with one attached hydrogen (secondary N) is 1. The van der Waals surface area contributed by atoms with Gasteiger partial charge in [0.25, 0.3) is 5.91 Å². The number of aromatic nitrogens is 2. The van der Waals surface area contributed by atoms with Gasteiger partial charge in [-0.05, 0) is 30.4 Å². The van der Waals surface area contributed by atoms with Crippen LogP contribution in [0.15, 0.2) is 66.9 Å². The number of hydrogen-bond acceptors (Lipinski definition) is 3. The van der Waals surface area contributed by atoms with Crippen LogP contribution in [0, 0.1) is 5.41 Å². The van der Waals surface area contributed by atoms with Gasteiger partial charge in [0.2, 0.25) is 5.78 Å². The molecule has 5 heteroatoms. The first kappa shape index (κ1) is 18.2. The Kier molecular flexibility index (Phi) is 4.59. The second-order valence-electron chi connectivity index (χ2n) is 8.06. The quantitative estimate of drug-likeness (QED) is 0.557. The average molecular weight is 373 g/mol. The predicted molar refractivity (Wildman–Crippen MR) is 107 cm³/mol. The lowest BCUT2D eigenvalue weighted by atomic mass is 9.74. The molecule has 1 atom stereocenters. The summed E-state index contributed by atoms with van der Waals surface area (Å²) >= 11 is 0. The maximum absolute atomic E-state index is 12.6. The fourth-order valence-electron chi connectivity index (χ4n) is 3.91. The summed E-state index contributed by atoms with van der Waals surface area (Å²) in [6, 6.07) is 18.4. The van der Waals surface area contributed by atoms with E-state index >= 15 is 0 Å². The Morgan fingerprint density at radius 3 is 2.36 bits per heavy atom. The zero-order valence-electron chi connectivity index (χ0n) is 16.1. The van der Waals surface area contributed by atoms with Crippen molar-refractivity contribution in [3.8, 4) is 5.69 Å². The molecule has 1 N–H and O–H groups in total. The van der Waals surface area contributed by atoms with Crippen molar-refractivity contribution in [2.75, 3.05) is 0 Å². The Morgan fingerprint density at radius 2 is 1.68 bits per heavy atom. The molecule has 0 fully saturated rings. The van der Waals surface area contributed by atoms with Crippen molar-refractivity contribution in [3.63, 3.8) is 0 Å². The average Bonchev–Trinajstić information content (AvgIpc) is 3.11. The summed E-state index contributed by atoms with van der Waals surface area (Å²) in [5, 5.41) is 7.53. The molecular weight excluding hydrogens is 350 g/mol. The van der Waals surface area contributed by atoms with Gasteiger partial charge < -0.3 is 5.32 Å². The second-order valence-corrected chi connectivity index (χ2v) is 8.06. The van der Waals surface area contributed by atoms with E-state index in [9.17, 15) is 9.59 Å². The van der Waals surface area contributed by atoms with Gasteiger partial charge in [0.1, 0.15) is 0 Å². The van der Waals surface area contributed by atoms with Crippen LogP contribution in [0.2, 0.25) is 0 Å². The van der Waals surface area contributed by atoms with E-state index in [0.717, 1.165) is 29.8 Å². The van der Waals surface area contributed by atoms with Crippen molar-refractivity contribution < 1.29 is 9.59 Å². The lowest BCUT2D eigenvalue weighted by Gasteiger charge is -2.35. The molecule has 1 amide bonds. The third-order valence-corrected chi connectivity index (χ3v) is 5.23. The summed E-state index contributed by atoms with van der Waals surface area (Å²) in [6.07, 6.45) is 3.43. The Morgan fingerprint density at radius 1 is 1.04 bits per heavy atom. The zero-order chi connectivity index (χ0) is 19.7. The van der Waals surface area contributed by atoms with Crippen molar-refractivity contribution in [2.24, 2.45) is 5.41 Å². The molecule has 0 radical (unpaired) electrons. The first-order valence-electron chi connectivity index (χ1n) is 9.47. The fraction of sp³-hybridized carbons (Fsp3) is 0.261. The highest BCUT2D eigenvalue weighted by molar-refractivity contribution is 6.42. The lowest BCUT2D eigenvalue weighted by molar-refractivity contribution is -0.118. The lowest BCUT2D eigenvalue weighted by Crippen LogP contribution is -2.39. The number of benzene rings is 2. The van der Waals surface area contributed by atoms with E-state index in [-0.39, 0.29) is 11.5 Å². The third-order valence-electron chi connectivity index (χ3n) is 5.23. The highest BCUT2D eigenvalue weighted by Gasteiger charge is 2.36.